The fourth-order valence-electron chi connectivity index (χ4n) is 2.51. The van der Waals surface area contributed by atoms with Gasteiger partial charge in [-0.15, -0.1) is 0 Å². The molecule has 0 aliphatic carbocycles. The van der Waals surface area contributed by atoms with Crippen molar-refractivity contribution in [3.63, 3.8) is 0 Å². The third-order valence-electron chi connectivity index (χ3n) is 3.87. The molecule has 1 N–H and O–H groups in total. The van der Waals surface area contributed by atoms with E-state index in [9.17, 15) is 4.79 Å². The zero-order valence-electron chi connectivity index (χ0n) is 14.8. The molecule has 0 bridgehead atoms. The molecule has 0 radical (unpaired) electrons. The third-order valence-corrected chi connectivity index (χ3v) is 3.87. The molecule has 3 heterocycles. The van der Waals surface area contributed by atoms with Crippen LogP contribution in [0.5, 0.6) is 0 Å². The van der Waals surface area contributed by atoms with Crippen molar-refractivity contribution >= 4 is 11.6 Å². The van der Waals surface area contributed by atoms with Crippen LogP contribution in [-0.2, 0) is 0 Å². The molecule has 4 aromatic rings. The minimum Gasteiger partial charge on any atom is -0.322 e. The number of carbonyl (C=O) groups excluding carboxylic acids is 1. The topological polar surface area (TPSA) is 72.7 Å². The largest absolute Gasteiger partial charge is 0.322 e. The Bertz CT molecular complexity index is 1140. The second kappa shape index (κ2) is 7.98. The molecule has 28 heavy (non-hydrogen) atoms. The average Bonchev–Trinajstić information content (AvgIpc) is 3.28. The summed E-state index contributed by atoms with van der Waals surface area (Å²) in [5, 5.41) is 6.98. The van der Waals surface area contributed by atoms with Gasteiger partial charge in [-0.1, -0.05) is 18.1 Å². The Labute approximate surface area is 161 Å². The van der Waals surface area contributed by atoms with Gasteiger partial charge in [0, 0.05) is 36.0 Å². The molecular formula is C22H15N5O. The lowest BCUT2D eigenvalue weighted by Crippen LogP contribution is -2.12. The number of pyridine rings is 2. The van der Waals surface area contributed by atoms with Crippen LogP contribution in [0.4, 0.5) is 5.69 Å². The maximum absolute atomic E-state index is 12.5. The molecule has 1 aromatic carbocycles. The Morgan fingerprint density at radius 3 is 2.64 bits per heavy atom. The molecule has 0 aliphatic heterocycles. The van der Waals surface area contributed by atoms with Crippen LogP contribution in [0.15, 0.2) is 85.5 Å². The molecule has 134 valence electrons. The molecule has 4 rings (SSSR count). The minimum absolute atomic E-state index is 0.241. The molecule has 6 nitrogen and oxygen atoms in total. The van der Waals surface area contributed by atoms with Crippen LogP contribution in [0.1, 0.15) is 21.6 Å². The summed E-state index contributed by atoms with van der Waals surface area (Å²) in [6.45, 7) is 0. The molecule has 0 atom stereocenters. The van der Waals surface area contributed by atoms with Crippen molar-refractivity contribution in [2.24, 2.45) is 0 Å². The fourth-order valence-corrected chi connectivity index (χ4v) is 2.51. The Morgan fingerprint density at radius 2 is 1.89 bits per heavy atom. The first kappa shape index (κ1) is 17.2. The molecule has 0 spiro atoms. The van der Waals surface area contributed by atoms with E-state index in [1.54, 1.807) is 35.4 Å². The summed E-state index contributed by atoms with van der Waals surface area (Å²) in [6.07, 6.45) is 6.69. The van der Waals surface area contributed by atoms with Gasteiger partial charge in [0.15, 0.2) is 5.82 Å². The highest BCUT2D eigenvalue weighted by Crippen LogP contribution is 2.12. The number of hydrogen-bond acceptors (Lipinski definition) is 4. The minimum atomic E-state index is -0.241. The van der Waals surface area contributed by atoms with E-state index in [4.69, 9.17) is 0 Å². The Morgan fingerprint density at radius 1 is 0.929 bits per heavy atom. The first-order valence-corrected chi connectivity index (χ1v) is 8.58. The van der Waals surface area contributed by atoms with Crippen LogP contribution in [-0.4, -0.2) is 25.7 Å². The Hall–Kier alpha value is -4.24. The highest BCUT2D eigenvalue weighted by molar-refractivity contribution is 6.04. The summed E-state index contributed by atoms with van der Waals surface area (Å²) >= 11 is 0. The number of hydrogen-bond donors (Lipinski definition) is 1. The van der Waals surface area contributed by atoms with Crippen molar-refractivity contribution in [3.8, 4) is 17.7 Å². The van der Waals surface area contributed by atoms with Crippen LogP contribution in [0, 0.1) is 11.8 Å². The molecule has 0 fully saturated rings. The second-order valence-electron chi connectivity index (χ2n) is 5.86. The van der Waals surface area contributed by atoms with Crippen LogP contribution in [0.25, 0.3) is 5.82 Å². The lowest BCUT2D eigenvalue weighted by molar-refractivity contribution is 0.102. The number of rotatable bonds is 3. The summed E-state index contributed by atoms with van der Waals surface area (Å²) in [5.41, 5.74) is 2.60. The molecule has 3 aromatic heterocycles. The van der Waals surface area contributed by atoms with Gasteiger partial charge in [-0.05, 0) is 54.5 Å². The summed E-state index contributed by atoms with van der Waals surface area (Å²) in [7, 11) is 0. The number of nitrogens with zero attached hydrogens (tertiary/aromatic N) is 4. The SMILES string of the molecule is O=C(Nc1cccc(C#Cc2ccccn2)c1)c1ccc(-n2cccn2)nc1. The number of carbonyl (C=O) groups is 1. The summed E-state index contributed by atoms with van der Waals surface area (Å²) in [5.74, 6) is 6.46. The number of amides is 1. The molecule has 1 amide bonds. The molecule has 0 aliphatic rings. The lowest BCUT2D eigenvalue weighted by Gasteiger charge is -2.06. The van der Waals surface area contributed by atoms with Gasteiger partial charge < -0.3 is 5.32 Å². The number of nitrogens with one attached hydrogen (secondary N) is 1. The van der Waals surface area contributed by atoms with E-state index in [-0.39, 0.29) is 5.91 Å². The van der Waals surface area contributed by atoms with Crippen molar-refractivity contribution in [2.75, 3.05) is 5.32 Å². The van der Waals surface area contributed by atoms with Gasteiger partial charge in [0.25, 0.3) is 5.91 Å². The lowest BCUT2D eigenvalue weighted by atomic mass is 10.2. The average molecular weight is 365 g/mol. The predicted octanol–water partition coefficient (Wildman–Crippen LogP) is 3.31. The third kappa shape index (κ3) is 4.11. The molecular weight excluding hydrogens is 350 g/mol. The van der Waals surface area contributed by atoms with Gasteiger partial charge in [0.1, 0.15) is 5.69 Å². The molecule has 0 saturated carbocycles. The highest BCUT2D eigenvalue weighted by Gasteiger charge is 2.08. The normalized spacial score (nSPS) is 10.0. The number of anilines is 1. The van der Waals surface area contributed by atoms with Crippen LogP contribution in [0.3, 0.4) is 0 Å². The quantitative estimate of drug-likeness (QED) is 0.565. The van der Waals surface area contributed by atoms with Crippen LogP contribution < -0.4 is 5.32 Å². The predicted molar refractivity (Wildman–Crippen MR) is 106 cm³/mol. The molecule has 6 heteroatoms. The van der Waals surface area contributed by atoms with E-state index >= 15 is 0 Å². The van der Waals surface area contributed by atoms with Gasteiger partial charge >= 0.3 is 0 Å². The number of aromatic nitrogens is 4. The first-order valence-electron chi connectivity index (χ1n) is 8.58. The smallest absolute Gasteiger partial charge is 0.257 e. The van der Waals surface area contributed by atoms with Crippen molar-refractivity contribution in [3.05, 3.63) is 102 Å². The Balaban J connectivity index is 1.47. The van der Waals surface area contributed by atoms with Gasteiger partial charge in [-0.3, -0.25) is 4.79 Å². The van der Waals surface area contributed by atoms with E-state index in [0.717, 1.165) is 5.56 Å². The standard InChI is InChI=1S/C22H15N5O/c28-22(18-9-11-21(24-16-18)27-14-4-13-25-27)26-20-7-3-5-17(15-20)8-10-19-6-1-2-12-23-19/h1-7,9,11-16H,(H,26,28). The van der Waals surface area contributed by atoms with E-state index in [2.05, 4.69) is 32.2 Å². The summed E-state index contributed by atoms with van der Waals surface area (Å²) < 4.78 is 1.63. The van der Waals surface area contributed by atoms with E-state index in [1.807, 2.05) is 48.5 Å². The maximum atomic E-state index is 12.5. The van der Waals surface area contributed by atoms with Crippen molar-refractivity contribution < 1.29 is 4.79 Å². The van der Waals surface area contributed by atoms with E-state index in [0.29, 0.717) is 22.8 Å². The zero-order chi connectivity index (χ0) is 19.2. The van der Waals surface area contributed by atoms with Gasteiger partial charge in [-0.25, -0.2) is 14.6 Å². The van der Waals surface area contributed by atoms with E-state index in [1.165, 1.54) is 6.20 Å². The molecule has 0 unspecified atom stereocenters. The maximum Gasteiger partial charge on any atom is 0.257 e. The highest BCUT2D eigenvalue weighted by atomic mass is 16.1. The van der Waals surface area contributed by atoms with Crippen LogP contribution >= 0.6 is 0 Å². The Kier molecular flexibility index (Phi) is 4.90. The van der Waals surface area contributed by atoms with Gasteiger partial charge in [0.05, 0.1) is 5.56 Å². The second-order valence-corrected chi connectivity index (χ2v) is 5.86. The van der Waals surface area contributed by atoms with Crippen molar-refractivity contribution in [2.45, 2.75) is 0 Å². The first-order chi connectivity index (χ1) is 13.8. The number of benzene rings is 1. The zero-order valence-corrected chi connectivity index (χ0v) is 14.8. The van der Waals surface area contributed by atoms with Crippen molar-refractivity contribution in [1.82, 2.24) is 19.7 Å². The molecule has 0 saturated heterocycles. The monoisotopic (exact) mass is 365 g/mol. The van der Waals surface area contributed by atoms with Gasteiger partial charge in [-0.2, -0.15) is 5.10 Å². The van der Waals surface area contributed by atoms with Gasteiger partial charge in [0.2, 0.25) is 0 Å². The fraction of sp³-hybridized carbons (Fsp3) is 0. The van der Waals surface area contributed by atoms with Crippen LogP contribution in [0.2, 0.25) is 0 Å². The summed E-state index contributed by atoms with van der Waals surface area (Å²) in [4.78, 5) is 20.9. The summed E-state index contributed by atoms with van der Waals surface area (Å²) in [6, 6.07) is 18.2. The van der Waals surface area contributed by atoms with Crippen molar-refractivity contribution in [1.29, 1.82) is 0 Å². The van der Waals surface area contributed by atoms with E-state index < -0.39 is 0 Å².